The van der Waals surface area contributed by atoms with E-state index in [1.807, 2.05) is 37.1 Å². The van der Waals surface area contributed by atoms with E-state index in [0.717, 1.165) is 11.4 Å². The summed E-state index contributed by atoms with van der Waals surface area (Å²) in [6, 6.07) is 5.83. The van der Waals surface area contributed by atoms with E-state index < -0.39 is 0 Å². The molecule has 0 unspecified atom stereocenters. The highest BCUT2D eigenvalue weighted by Crippen LogP contribution is 2.03. The molecule has 1 aromatic rings. The van der Waals surface area contributed by atoms with Crippen LogP contribution >= 0.6 is 0 Å². The fourth-order valence-corrected chi connectivity index (χ4v) is 1.87. The van der Waals surface area contributed by atoms with Gasteiger partial charge in [-0.2, -0.15) is 0 Å². The molecule has 0 N–H and O–H groups in total. The maximum absolute atomic E-state index is 11.7. The van der Waals surface area contributed by atoms with Crippen LogP contribution < -0.4 is 0 Å². The van der Waals surface area contributed by atoms with E-state index in [9.17, 15) is 9.59 Å². The van der Waals surface area contributed by atoms with Gasteiger partial charge in [0.25, 0.3) is 0 Å². The predicted octanol–water partition coefficient (Wildman–Crippen LogP) is 1.73. The lowest BCUT2D eigenvalue weighted by Gasteiger charge is -2.15. The second-order valence-corrected chi connectivity index (χ2v) is 4.79. The number of likely N-dealkylation sites (N-methyl/N-ethyl adjacent to an activating group) is 1. The summed E-state index contributed by atoms with van der Waals surface area (Å²) in [5.41, 5.74) is 1.90. The number of esters is 1. The minimum Gasteiger partial charge on any atom is -0.466 e. The number of aryl methyl sites for hydroxylation is 1. The zero-order valence-electron chi connectivity index (χ0n) is 12.4. The van der Waals surface area contributed by atoms with Crippen LogP contribution in [-0.4, -0.2) is 41.8 Å². The molecule has 5 nitrogen and oxygen atoms in total. The molecule has 0 aliphatic heterocycles. The summed E-state index contributed by atoms with van der Waals surface area (Å²) in [4.78, 5) is 29.2. The highest BCUT2D eigenvalue weighted by molar-refractivity contribution is 5.84. The van der Waals surface area contributed by atoms with Gasteiger partial charge in [-0.25, -0.2) is 0 Å². The van der Waals surface area contributed by atoms with Gasteiger partial charge in [0.1, 0.15) is 5.78 Å². The second kappa shape index (κ2) is 8.43. The number of ether oxygens (including phenoxy) is 1. The summed E-state index contributed by atoms with van der Waals surface area (Å²) in [7, 11) is 1.87. The van der Waals surface area contributed by atoms with Gasteiger partial charge < -0.3 is 4.74 Å². The summed E-state index contributed by atoms with van der Waals surface area (Å²) >= 11 is 0. The number of nitrogens with zero attached hydrogens (tertiary/aromatic N) is 2. The Balaban J connectivity index is 2.33. The zero-order chi connectivity index (χ0) is 15.0. The van der Waals surface area contributed by atoms with Crippen LogP contribution in [0.3, 0.4) is 0 Å². The first-order valence-electron chi connectivity index (χ1n) is 6.79. The Labute approximate surface area is 119 Å². The van der Waals surface area contributed by atoms with Crippen molar-refractivity contribution in [1.82, 2.24) is 9.88 Å². The SMILES string of the molecule is CCOC(=O)CCC(=O)CN(C)Cc1cccc(C)n1. The van der Waals surface area contributed by atoms with Gasteiger partial charge in [0, 0.05) is 18.7 Å². The van der Waals surface area contributed by atoms with Gasteiger partial charge in [0.2, 0.25) is 0 Å². The lowest BCUT2D eigenvalue weighted by atomic mass is 10.2. The molecule has 0 amide bonds. The van der Waals surface area contributed by atoms with Crippen molar-refractivity contribution >= 4 is 11.8 Å². The van der Waals surface area contributed by atoms with Crippen LogP contribution in [-0.2, 0) is 20.9 Å². The number of rotatable bonds is 8. The molecule has 0 bridgehead atoms. The molecule has 1 heterocycles. The first-order chi connectivity index (χ1) is 9.51. The van der Waals surface area contributed by atoms with Gasteiger partial charge >= 0.3 is 5.97 Å². The van der Waals surface area contributed by atoms with E-state index in [1.165, 1.54) is 0 Å². The molecule has 0 aliphatic carbocycles. The minimum atomic E-state index is -0.316. The first-order valence-corrected chi connectivity index (χ1v) is 6.79. The number of carbonyl (C=O) groups is 2. The minimum absolute atomic E-state index is 0.0354. The quantitative estimate of drug-likeness (QED) is 0.678. The number of Topliss-reactive ketones (excluding diaryl/α,β-unsaturated/α-hetero) is 1. The standard InChI is InChI=1S/C15H22N2O3/c1-4-20-15(19)9-8-14(18)11-17(3)10-13-7-5-6-12(2)16-13/h5-7H,4,8-11H2,1-3H3. The van der Waals surface area contributed by atoms with Crippen molar-refractivity contribution in [3.8, 4) is 0 Å². The molecule has 20 heavy (non-hydrogen) atoms. The van der Waals surface area contributed by atoms with E-state index in [-0.39, 0.29) is 24.6 Å². The van der Waals surface area contributed by atoms with Gasteiger partial charge in [-0.15, -0.1) is 0 Å². The topological polar surface area (TPSA) is 59.5 Å². The van der Waals surface area contributed by atoms with Crippen molar-refractivity contribution in [3.63, 3.8) is 0 Å². The summed E-state index contributed by atoms with van der Waals surface area (Å²) in [5, 5.41) is 0. The van der Waals surface area contributed by atoms with Crippen molar-refractivity contribution in [1.29, 1.82) is 0 Å². The van der Waals surface area contributed by atoms with Crippen molar-refractivity contribution in [2.45, 2.75) is 33.2 Å². The fourth-order valence-electron chi connectivity index (χ4n) is 1.87. The lowest BCUT2D eigenvalue weighted by Crippen LogP contribution is -2.26. The van der Waals surface area contributed by atoms with E-state index in [1.54, 1.807) is 6.92 Å². The Hall–Kier alpha value is -1.75. The Kier molecular flexibility index (Phi) is 6.87. The number of ketones is 1. The van der Waals surface area contributed by atoms with Crippen LogP contribution in [0.2, 0.25) is 0 Å². The molecule has 5 heteroatoms. The lowest BCUT2D eigenvalue weighted by molar-refractivity contribution is -0.144. The van der Waals surface area contributed by atoms with E-state index in [4.69, 9.17) is 4.74 Å². The molecule has 0 aliphatic rings. The number of hydrogen-bond donors (Lipinski definition) is 0. The average molecular weight is 278 g/mol. The van der Waals surface area contributed by atoms with Gasteiger partial charge in [-0.1, -0.05) is 6.07 Å². The number of hydrogen-bond acceptors (Lipinski definition) is 5. The Morgan fingerprint density at radius 1 is 1.30 bits per heavy atom. The van der Waals surface area contributed by atoms with Gasteiger partial charge in [0.05, 0.1) is 25.3 Å². The van der Waals surface area contributed by atoms with Crippen molar-refractivity contribution in [2.24, 2.45) is 0 Å². The zero-order valence-corrected chi connectivity index (χ0v) is 12.4. The number of pyridine rings is 1. The Morgan fingerprint density at radius 3 is 2.70 bits per heavy atom. The first kappa shape index (κ1) is 16.3. The van der Waals surface area contributed by atoms with Crippen LogP contribution in [0.1, 0.15) is 31.2 Å². The smallest absolute Gasteiger partial charge is 0.306 e. The van der Waals surface area contributed by atoms with Crippen molar-refractivity contribution in [3.05, 3.63) is 29.6 Å². The third kappa shape index (κ3) is 6.43. The average Bonchev–Trinajstić information content (AvgIpc) is 2.36. The second-order valence-electron chi connectivity index (χ2n) is 4.79. The Bertz CT molecular complexity index is 460. The summed E-state index contributed by atoms with van der Waals surface area (Å²) in [6.07, 6.45) is 0.383. The fraction of sp³-hybridized carbons (Fsp3) is 0.533. The van der Waals surface area contributed by atoms with Gasteiger partial charge in [0.15, 0.2) is 0 Å². The number of aromatic nitrogens is 1. The maximum Gasteiger partial charge on any atom is 0.306 e. The molecule has 1 aromatic heterocycles. The third-order valence-electron chi connectivity index (χ3n) is 2.74. The molecule has 0 saturated carbocycles. The van der Waals surface area contributed by atoms with Crippen LogP contribution in [0.15, 0.2) is 18.2 Å². The maximum atomic E-state index is 11.7. The number of carbonyl (C=O) groups excluding carboxylic acids is 2. The molecule has 0 fully saturated rings. The summed E-state index contributed by atoms with van der Waals surface area (Å²) in [6.45, 7) is 4.98. The predicted molar refractivity (Wildman–Crippen MR) is 76.2 cm³/mol. The van der Waals surface area contributed by atoms with Crippen LogP contribution in [0.5, 0.6) is 0 Å². The molecule has 0 radical (unpaired) electrons. The van der Waals surface area contributed by atoms with Crippen LogP contribution in [0.4, 0.5) is 0 Å². The largest absolute Gasteiger partial charge is 0.466 e. The molecule has 110 valence electrons. The molecule has 0 aromatic carbocycles. The van der Waals surface area contributed by atoms with E-state index in [2.05, 4.69) is 4.98 Å². The van der Waals surface area contributed by atoms with Crippen LogP contribution in [0, 0.1) is 6.92 Å². The normalized spacial score (nSPS) is 10.6. The molecule has 0 spiro atoms. The van der Waals surface area contributed by atoms with Crippen molar-refractivity contribution < 1.29 is 14.3 Å². The molecular formula is C15H22N2O3. The molecule has 1 rings (SSSR count). The highest BCUT2D eigenvalue weighted by Gasteiger charge is 2.11. The van der Waals surface area contributed by atoms with Crippen molar-refractivity contribution in [2.75, 3.05) is 20.2 Å². The van der Waals surface area contributed by atoms with Gasteiger partial charge in [-0.05, 0) is 33.0 Å². The van der Waals surface area contributed by atoms with E-state index in [0.29, 0.717) is 19.7 Å². The summed E-state index contributed by atoms with van der Waals surface area (Å²) < 4.78 is 4.79. The summed E-state index contributed by atoms with van der Waals surface area (Å²) in [5.74, 6) is -0.280. The highest BCUT2D eigenvalue weighted by atomic mass is 16.5. The molecule has 0 atom stereocenters. The van der Waals surface area contributed by atoms with Gasteiger partial charge in [-0.3, -0.25) is 19.5 Å². The molecule has 0 saturated heterocycles. The third-order valence-corrected chi connectivity index (χ3v) is 2.74. The molecular weight excluding hydrogens is 256 g/mol. The monoisotopic (exact) mass is 278 g/mol. The van der Waals surface area contributed by atoms with E-state index >= 15 is 0 Å². The Morgan fingerprint density at radius 2 is 2.05 bits per heavy atom. The van der Waals surface area contributed by atoms with Crippen LogP contribution in [0.25, 0.3) is 0 Å².